The van der Waals surface area contributed by atoms with Gasteiger partial charge < -0.3 is 16.0 Å². The number of aryl methyl sites for hydroxylation is 1. The van der Waals surface area contributed by atoms with E-state index in [0.29, 0.717) is 23.0 Å². The highest BCUT2D eigenvalue weighted by Crippen LogP contribution is 2.27. The topological polar surface area (TPSA) is 141 Å². The predicted molar refractivity (Wildman–Crippen MR) is 79.0 cm³/mol. The highest BCUT2D eigenvalue weighted by molar-refractivity contribution is 5.74. The Morgan fingerprint density at radius 3 is 2.32 bits per heavy atom. The number of benzene rings is 1. The number of nitriles is 1. The summed E-state index contributed by atoms with van der Waals surface area (Å²) in [7, 11) is 0. The molecule has 8 nitrogen and oxygen atoms in total. The van der Waals surface area contributed by atoms with Crippen molar-refractivity contribution in [3.8, 4) is 28.7 Å². The van der Waals surface area contributed by atoms with Crippen LogP contribution in [-0.4, -0.2) is 20.1 Å². The molecule has 0 bridgehead atoms. The number of nitrogen functional groups attached to an aromatic ring is 2. The Kier molecular flexibility index (Phi) is 3.16. The molecule has 2 heterocycles. The molecule has 0 unspecified atom stereocenters. The van der Waals surface area contributed by atoms with Gasteiger partial charge in [-0.15, -0.1) is 0 Å². The van der Waals surface area contributed by atoms with E-state index < -0.39 is 0 Å². The average molecular weight is 293 g/mol. The number of nitrogens with two attached hydrogens (primary N) is 2. The van der Waals surface area contributed by atoms with E-state index in [4.69, 9.17) is 16.0 Å². The van der Waals surface area contributed by atoms with Crippen LogP contribution in [0.3, 0.4) is 0 Å². The molecule has 0 fully saturated rings. The molecule has 0 atom stereocenters. The van der Waals surface area contributed by atoms with Gasteiger partial charge in [-0.2, -0.15) is 15.2 Å². The lowest BCUT2D eigenvalue weighted by atomic mass is 10.0. The standard InChI is InChI=1S/C14H11N7O/c1-7-18-13(21-22-7)9-4-2-8(3-5-9)11-10(6-15)12(16)20-14(17)19-11/h2-5H,1H3,(H4,16,17,19,20). The van der Waals surface area contributed by atoms with Crippen LogP contribution in [0.2, 0.25) is 0 Å². The third-order valence-electron chi connectivity index (χ3n) is 3.01. The van der Waals surface area contributed by atoms with E-state index in [1.54, 1.807) is 31.2 Å². The quantitative estimate of drug-likeness (QED) is 0.724. The number of nitrogens with zero attached hydrogens (tertiary/aromatic N) is 5. The maximum absolute atomic E-state index is 9.20. The minimum Gasteiger partial charge on any atom is -0.382 e. The Hall–Kier alpha value is -3.47. The van der Waals surface area contributed by atoms with Crippen molar-refractivity contribution < 1.29 is 4.52 Å². The highest BCUT2D eigenvalue weighted by atomic mass is 16.5. The maximum atomic E-state index is 9.20. The molecule has 8 heteroatoms. The van der Waals surface area contributed by atoms with Crippen molar-refractivity contribution in [3.63, 3.8) is 0 Å². The first-order chi connectivity index (χ1) is 10.6. The molecule has 0 saturated carbocycles. The van der Waals surface area contributed by atoms with Gasteiger partial charge in [0.1, 0.15) is 17.5 Å². The molecule has 0 radical (unpaired) electrons. The van der Waals surface area contributed by atoms with E-state index in [1.807, 2.05) is 6.07 Å². The van der Waals surface area contributed by atoms with E-state index in [2.05, 4.69) is 20.1 Å². The lowest BCUT2D eigenvalue weighted by Gasteiger charge is -2.06. The first kappa shape index (κ1) is 13.5. The van der Waals surface area contributed by atoms with Gasteiger partial charge in [-0.05, 0) is 0 Å². The predicted octanol–water partition coefficient (Wildman–Crippen LogP) is 1.54. The van der Waals surface area contributed by atoms with Crippen molar-refractivity contribution in [3.05, 3.63) is 35.7 Å². The summed E-state index contributed by atoms with van der Waals surface area (Å²) in [5.41, 5.74) is 13.4. The summed E-state index contributed by atoms with van der Waals surface area (Å²) in [6, 6.07) is 9.16. The van der Waals surface area contributed by atoms with Gasteiger partial charge in [0.15, 0.2) is 0 Å². The van der Waals surface area contributed by atoms with Gasteiger partial charge in [0.05, 0.1) is 5.69 Å². The molecule has 0 aliphatic carbocycles. The summed E-state index contributed by atoms with van der Waals surface area (Å²) >= 11 is 0. The first-order valence-corrected chi connectivity index (χ1v) is 6.32. The zero-order valence-electron chi connectivity index (χ0n) is 11.6. The molecule has 0 spiro atoms. The average Bonchev–Trinajstić information content (AvgIpc) is 2.93. The van der Waals surface area contributed by atoms with Gasteiger partial charge in [-0.1, -0.05) is 29.4 Å². The summed E-state index contributed by atoms with van der Waals surface area (Å²) < 4.78 is 4.94. The molecule has 0 aliphatic rings. The van der Waals surface area contributed by atoms with Crippen molar-refractivity contribution in [2.75, 3.05) is 11.5 Å². The van der Waals surface area contributed by atoms with Crippen molar-refractivity contribution >= 4 is 11.8 Å². The van der Waals surface area contributed by atoms with E-state index >= 15 is 0 Å². The molecule has 3 aromatic rings. The lowest BCUT2D eigenvalue weighted by molar-refractivity contribution is 0.394. The van der Waals surface area contributed by atoms with Crippen molar-refractivity contribution in [2.45, 2.75) is 6.92 Å². The normalized spacial score (nSPS) is 10.4. The van der Waals surface area contributed by atoms with Gasteiger partial charge >= 0.3 is 0 Å². The SMILES string of the molecule is Cc1nc(-c2ccc(-c3nc(N)nc(N)c3C#N)cc2)no1. The fourth-order valence-corrected chi connectivity index (χ4v) is 2.01. The van der Waals surface area contributed by atoms with Crippen LogP contribution in [0.5, 0.6) is 0 Å². The fourth-order valence-electron chi connectivity index (χ4n) is 2.01. The summed E-state index contributed by atoms with van der Waals surface area (Å²) in [6.07, 6.45) is 0. The Labute approximate surface area is 125 Å². The molecule has 0 amide bonds. The number of hydrogen-bond donors (Lipinski definition) is 2. The highest BCUT2D eigenvalue weighted by Gasteiger charge is 2.14. The minimum absolute atomic E-state index is 0.0179. The Bertz CT molecular complexity index is 877. The molecule has 1 aromatic carbocycles. The summed E-state index contributed by atoms with van der Waals surface area (Å²) in [5, 5.41) is 13.0. The second-order valence-corrected chi connectivity index (χ2v) is 4.52. The first-order valence-electron chi connectivity index (χ1n) is 6.32. The maximum Gasteiger partial charge on any atom is 0.223 e. The van der Waals surface area contributed by atoms with Gasteiger partial charge in [-0.3, -0.25) is 0 Å². The largest absolute Gasteiger partial charge is 0.382 e. The molecule has 0 aliphatic heterocycles. The molecule has 4 N–H and O–H groups in total. The second-order valence-electron chi connectivity index (χ2n) is 4.52. The van der Waals surface area contributed by atoms with Crippen LogP contribution in [0.4, 0.5) is 11.8 Å². The van der Waals surface area contributed by atoms with Gasteiger partial charge in [0.25, 0.3) is 0 Å². The van der Waals surface area contributed by atoms with E-state index in [0.717, 1.165) is 5.56 Å². The monoisotopic (exact) mass is 293 g/mol. The zero-order chi connectivity index (χ0) is 15.7. The second kappa shape index (κ2) is 5.14. The number of aromatic nitrogens is 4. The lowest BCUT2D eigenvalue weighted by Crippen LogP contribution is -2.04. The summed E-state index contributed by atoms with van der Waals surface area (Å²) in [4.78, 5) is 12.0. The van der Waals surface area contributed by atoms with Crippen molar-refractivity contribution in [2.24, 2.45) is 0 Å². The summed E-state index contributed by atoms with van der Waals surface area (Å²) in [5.74, 6) is 1.06. The molecular weight excluding hydrogens is 282 g/mol. The third kappa shape index (κ3) is 2.31. The Balaban J connectivity index is 2.06. The van der Waals surface area contributed by atoms with Crippen LogP contribution in [0.25, 0.3) is 22.6 Å². The van der Waals surface area contributed by atoms with Crippen molar-refractivity contribution in [1.29, 1.82) is 5.26 Å². The third-order valence-corrected chi connectivity index (χ3v) is 3.01. The molecule has 2 aromatic heterocycles. The van der Waals surface area contributed by atoms with Crippen LogP contribution >= 0.6 is 0 Å². The van der Waals surface area contributed by atoms with Crippen LogP contribution in [0.15, 0.2) is 28.8 Å². The van der Waals surface area contributed by atoms with Gasteiger partial charge in [-0.25, -0.2) is 4.98 Å². The Morgan fingerprint density at radius 2 is 1.73 bits per heavy atom. The summed E-state index contributed by atoms with van der Waals surface area (Å²) in [6.45, 7) is 1.72. The minimum atomic E-state index is 0.0179. The van der Waals surface area contributed by atoms with Gasteiger partial charge in [0, 0.05) is 18.1 Å². The fraction of sp³-hybridized carbons (Fsp3) is 0.0714. The van der Waals surface area contributed by atoms with Crippen LogP contribution in [0.1, 0.15) is 11.5 Å². The molecular formula is C14H11N7O. The van der Waals surface area contributed by atoms with E-state index in [-0.39, 0.29) is 17.3 Å². The van der Waals surface area contributed by atoms with Crippen LogP contribution in [0, 0.1) is 18.3 Å². The molecule has 0 saturated heterocycles. The van der Waals surface area contributed by atoms with Crippen molar-refractivity contribution in [1.82, 2.24) is 20.1 Å². The van der Waals surface area contributed by atoms with Crippen LogP contribution < -0.4 is 11.5 Å². The van der Waals surface area contributed by atoms with E-state index in [1.165, 1.54) is 0 Å². The Morgan fingerprint density at radius 1 is 1.05 bits per heavy atom. The number of anilines is 2. The number of rotatable bonds is 2. The molecule has 3 rings (SSSR count). The van der Waals surface area contributed by atoms with Gasteiger partial charge in [0.2, 0.25) is 17.7 Å². The van der Waals surface area contributed by atoms with Crippen LogP contribution in [-0.2, 0) is 0 Å². The molecule has 22 heavy (non-hydrogen) atoms. The molecule has 108 valence electrons. The zero-order valence-corrected chi connectivity index (χ0v) is 11.6. The number of hydrogen-bond acceptors (Lipinski definition) is 8. The van der Waals surface area contributed by atoms with E-state index in [9.17, 15) is 5.26 Å². The smallest absolute Gasteiger partial charge is 0.223 e.